The van der Waals surface area contributed by atoms with Crippen molar-refractivity contribution in [2.24, 2.45) is 0 Å². The molecule has 0 atom stereocenters. The highest BCUT2D eigenvalue weighted by Crippen LogP contribution is 2.48. The molecule has 0 fully saturated rings. The monoisotopic (exact) mass is 326 g/mol. The molecule has 19 heavy (non-hydrogen) atoms. The number of hydrogen-bond acceptors (Lipinski definition) is 6. The summed E-state index contributed by atoms with van der Waals surface area (Å²) in [5, 5.41) is 0. The summed E-state index contributed by atoms with van der Waals surface area (Å²) in [6.07, 6.45) is 0. The summed E-state index contributed by atoms with van der Waals surface area (Å²) in [6.45, 7) is -1.11. The van der Waals surface area contributed by atoms with Crippen LogP contribution < -0.4 is 4.52 Å². The number of rotatable bonds is 6. The van der Waals surface area contributed by atoms with Crippen LogP contribution in [-0.4, -0.2) is 27.2 Å². The Hall–Kier alpha value is -0.500. The minimum atomic E-state index is -4.06. The lowest BCUT2D eigenvalue weighted by atomic mass is 10.1. The molecule has 9 heteroatoms. The highest BCUT2D eigenvalue weighted by Gasteiger charge is 2.19. The van der Waals surface area contributed by atoms with Gasteiger partial charge in [-0.05, 0) is 30.2 Å². The first-order valence-electron chi connectivity index (χ1n) is 5.15. The van der Waals surface area contributed by atoms with Gasteiger partial charge in [0.2, 0.25) is 0 Å². The first-order valence-corrected chi connectivity index (χ1v) is 9.31. The third kappa shape index (κ3) is 5.18. The molecule has 0 saturated carbocycles. The maximum atomic E-state index is 10.8. The summed E-state index contributed by atoms with van der Waals surface area (Å²) in [7, 11) is -1.28. The Labute approximate surface area is 117 Å². The number of hydrogen-bond donors (Lipinski definition) is 1. The molecule has 0 aromatic heterocycles. The highest BCUT2D eigenvalue weighted by atomic mass is 32.5. The van der Waals surface area contributed by atoms with Crippen molar-refractivity contribution < 1.29 is 26.5 Å². The lowest BCUT2D eigenvalue weighted by molar-refractivity contribution is 0.273. The molecule has 0 aliphatic carbocycles. The first-order chi connectivity index (χ1) is 8.69. The second kappa shape index (κ2) is 6.30. The van der Waals surface area contributed by atoms with Crippen molar-refractivity contribution in [3.63, 3.8) is 0 Å². The van der Waals surface area contributed by atoms with Gasteiger partial charge in [-0.2, -0.15) is 8.42 Å². The van der Waals surface area contributed by atoms with Crippen molar-refractivity contribution in [3.8, 4) is 5.75 Å². The smallest absolute Gasteiger partial charge is 0.380 e. The van der Waals surface area contributed by atoms with E-state index in [4.69, 9.17) is 29.9 Å². The van der Waals surface area contributed by atoms with Crippen molar-refractivity contribution in [2.45, 2.75) is 12.7 Å². The van der Waals surface area contributed by atoms with Crippen molar-refractivity contribution in [2.75, 3.05) is 14.2 Å². The molecular formula is C10H15O6PS2. The molecule has 0 aliphatic heterocycles. The van der Waals surface area contributed by atoms with E-state index in [-0.39, 0.29) is 0 Å². The molecule has 0 spiro atoms. The Morgan fingerprint density at radius 1 is 1.32 bits per heavy atom. The standard InChI is InChI=1S/C10H15O6PS2/c1-8-6-10(16-17(18,14-2)15-3)5-4-9(8)7-19(11,12)13/h4-6H,7H2,1-3H3,(H,11,12,13). The third-order valence-electron chi connectivity index (χ3n) is 2.32. The van der Waals surface area contributed by atoms with E-state index in [2.05, 4.69) is 0 Å². The fourth-order valence-electron chi connectivity index (χ4n) is 1.36. The van der Waals surface area contributed by atoms with E-state index in [9.17, 15) is 8.42 Å². The molecule has 6 nitrogen and oxygen atoms in total. The summed E-state index contributed by atoms with van der Waals surface area (Å²) in [6, 6.07) is 4.70. The van der Waals surface area contributed by atoms with Gasteiger partial charge in [-0.3, -0.25) is 4.55 Å². The molecule has 0 amide bonds. The summed E-state index contributed by atoms with van der Waals surface area (Å²) >= 11 is 5.06. The summed E-state index contributed by atoms with van der Waals surface area (Å²) in [5.74, 6) is -0.0226. The van der Waals surface area contributed by atoms with Crippen LogP contribution in [0.5, 0.6) is 5.75 Å². The molecular weight excluding hydrogens is 311 g/mol. The predicted octanol–water partition coefficient (Wildman–Crippen LogP) is 2.28. The Kier molecular flexibility index (Phi) is 5.49. The van der Waals surface area contributed by atoms with Gasteiger partial charge < -0.3 is 13.6 Å². The molecule has 0 radical (unpaired) electrons. The normalized spacial score (nSPS) is 12.4. The van der Waals surface area contributed by atoms with Crippen LogP contribution in [-0.2, 0) is 36.7 Å². The van der Waals surface area contributed by atoms with Crippen LogP contribution in [0.15, 0.2) is 18.2 Å². The molecule has 0 aliphatic rings. The fourth-order valence-corrected chi connectivity index (χ4v) is 3.01. The summed E-state index contributed by atoms with van der Waals surface area (Å²) < 4.78 is 45.9. The Bertz CT molecular complexity index is 590. The topological polar surface area (TPSA) is 82.1 Å². The molecule has 1 N–H and O–H groups in total. The highest BCUT2D eigenvalue weighted by molar-refractivity contribution is 8.07. The Balaban J connectivity index is 2.98. The van der Waals surface area contributed by atoms with Crippen molar-refractivity contribution in [3.05, 3.63) is 29.3 Å². The van der Waals surface area contributed by atoms with Crippen molar-refractivity contribution in [1.82, 2.24) is 0 Å². The van der Waals surface area contributed by atoms with Gasteiger partial charge in [0.05, 0.1) is 0 Å². The molecule has 108 valence electrons. The first kappa shape index (κ1) is 16.6. The van der Waals surface area contributed by atoms with E-state index in [1.165, 1.54) is 14.2 Å². The van der Waals surface area contributed by atoms with Gasteiger partial charge in [-0.15, -0.1) is 0 Å². The minimum absolute atomic E-state index is 0.420. The van der Waals surface area contributed by atoms with Gasteiger partial charge >= 0.3 is 6.72 Å². The van der Waals surface area contributed by atoms with E-state index in [1.54, 1.807) is 25.1 Å². The average Bonchev–Trinajstić information content (AvgIpc) is 2.31. The zero-order valence-electron chi connectivity index (χ0n) is 10.7. The largest absolute Gasteiger partial charge is 0.424 e. The van der Waals surface area contributed by atoms with E-state index in [0.29, 0.717) is 16.9 Å². The van der Waals surface area contributed by atoms with Crippen LogP contribution in [0.3, 0.4) is 0 Å². The summed E-state index contributed by atoms with van der Waals surface area (Å²) in [5.41, 5.74) is 1.14. The van der Waals surface area contributed by atoms with Crippen molar-refractivity contribution >= 4 is 28.6 Å². The average molecular weight is 326 g/mol. The van der Waals surface area contributed by atoms with Crippen LogP contribution >= 0.6 is 6.72 Å². The van der Waals surface area contributed by atoms with Crippen LogP contribution in [0.25, 0.3) is 0 Å². The quantitative estimate of drug-likeness (QED) is 0.634. The van der Waals surface area contributed by atoms with Gasteiger partial charge in [0.15, 0.2) is 0 Å². The zero-order chi connectivity index (χ0) is 14.7. The molecule has 0 saturated heterocycles. The summed E-state index contributed by atoms with van der Waals surface area (Å²) in [4.78, 5) is 0. The Morgan fingerprint density at radius 2 is 1.89 bits per heavy atom. The lowest BCUT2D eigenvalue weighted by Gasteiger charge is -2.18. The van der Waals surface area contributed by atoms with Gasteiger partial charge in [-0.1, -0.05) is 6.07 Å². The lowest BCUT2D eigenvalue weighted by Crippen LogP contribution is -2.03. The third-order valence-corrected chi connectivity index (χ3v) is 5.44. The second-order valence-electron chi connectivity index (χ2n) is 3.72. The number of aryl methyl sites for hydroxylation is 1. The van der Waals surface area contributed by atoms with Gasteiger partial charge in [0, 0.05) is 26.0 Å². The predicted molar refractivity (Wildman–Crippen MR) is 75.4 cm³/mol. The zero-order valence-corrected chi connectivity index (χ0v) is 13.2. The molecule has 1 aromatic rings. The van der Waals surface area contributed by atoms with Gasteiger partial charge in [-0.25, -0.2) is 0 Å². The van der Waals surface area contributed by atoms with Gasteiger partial charge in [0.1, 0.15) is 11.5 Å². The fraction of sp³-hybridized carbons (Fsp3) is 0.400. The SMILES string of the molecule is COP(=S)(OC)Oc1ccc(CS(=O)(=O)O)c(C)c1. The molecule has 1 aromatic carbocycles. The van der Waals surface area contributed by atoms with Crippen LogP contribution in [0.4, 0.5) is 0 Å². The number of benzene rings is 1. The maximum absolute atomic E-state index is 10.8. The van der Waals surface area contributed by atoms with Crippen molar-refractivity contribution in [1.29, 1.82) is 0 Å². The molecule has 0 unspecified atom stereocenters. The maximum Gasteiger partial charge on any atom is 0.380 e. The molecule has 0 heterocycles. The van der Waals surface area contributed by atoms with Crippen LogP contribution in [0.2, 0.25) is 0 Å². The Morgan fingerprint density at radius 3 is 2.32 bits per heavy atom. The molecule has 0 bridgehead atoms. The van der Waals surface area contributed by atoms with Crippen LogP contribution in [0.1, 0.15) is 11.1 Å². The molecule has 1 rings (SSSR count). The van der Waals surface area contributed by atoms with E-state index in [1.807, 2.05) is 0 Å². The van der Waals surface area contributed by atoms with E-state index >= 15 is 0 Å². The van der Waals surface area contributed by atoms with Crippen LogP contribution in [0, 0.1) is 6.92 Å². The van der Waals surface area contributed by atoms with Gasteiger partial charge in [0.25, 0.3) is 10.1 Å². The second-order valence-corrected chi connectivity index (χ2v) is 8.32. The minimum Gasteiger partial charge on any atom is -0.424 e. The van der Waals surface area contributed by atoms with E-state index < -0.39 is 22.6 Å². The van der Waals surface area contributed by atoms with E-state index in [0.717, 1.165) is 0 Å².